The molecule has 21 heavy (non-hydrogen) atoms. The summed E-state index contributed by atoms with van der Waals surface area (Å²) in [6.07, 6.45) is 1.71. The zero-order valence-corrected chi connectivity index (χ0v) is 13.6. The van der Waals surface area contributed by atoms with Crippen molar-refractivity contribution in [3.63, 3.8) is 0 Å². The summed E-state index contributed by atoms with van der Waals surface area (Å²) in [5.41, 5.74) is 1.70. The van der Waals surface area contributed by atoms with Gasteiger partial charge in [0.2, 0.25) is 5.82 Å². The molecule has 112 valence electrons. The molecule has 0 aliphatic heterocycles. The fourth-order valence-electron chi connectivity index (χ4n) is 2.06. The van der Waals surface area contributed by atoms with Gasteiger partial charge in [-0.15, -0.1) is 10.2 Å². The number of halogens is 1. The average molecular weight is 353 g/mol. The van der Waals surface area contributed by atoms with E-state index in [1.54, 1.807) is 6.92 Å². The summed E-state index contributed by atoms with van der Waals surface area (Å²) < 4.78 is 6.47. The molecule has 0 aliphatic carbocycles. The van der Waals surface area contributed by atoms with Crippen LogP contribution in [0.1, 0.15) is 44.8 Å². The lowest BCUT2D eigenvalue weighted by molar-refractivity contribution is -0.149. The highest BCUT2D eigenvalue weighted by Gasteiger charge is 2.21. The van der Waals surface area contributed by atoms with E-state index in [0.29, 0.717) is 12.2 Å². The lowest BCUT2D eigenvalue weighted by atomic mass is 9.98. The highest BCUT2D eigenvalue weighted by molar-refractivity contribution is 9.10. The Bertz CT molecular complexity index is 601. The van der Waals surface area contributed by atoms with Crippen LogP contribution in [-0.2, 0) is 9.53 Å². The van der Waals surface area contributed by atoms with Crippen LogP contribution in [-0.4, -0.2) is 26.6 Å². The monoisotopic (exact) mass is 352 g/mol. The Kier molecular flexibility index (Phi) is 5.44. The number of H-pyrrole nitrogens is 1. The average Bonchev–Trinajstić information content (AvgIpc) is 3.00. The Morgan fingerprint density at radius 2 is 2.24 bits per heavy atom. The van der Waals surface area contributed by atoms with Crippen molar-refractivity contribution in [3.8, 4) is 11.4 Å². The largest absolute Gasteiger partial charge is 0.457 e. The molecule has 7 heteroatoms. The first-order valence-electron chi connectivity index (χ1n) is 6.88. The van der Waals surface area contributed by atoms with Gasteiger partial charge in [0.05, 0.1) is 0 Å². The van der Waals surface area contributed by atoms with Gasteiger partial charge in [-0.25, -0.2) is 0 Å². The minimum atomic E-state index is -0.302. The first-order chi connectivity index (χ1) is 10.2. The van der Waals surface area contributed by atoms with Gasteiger partial charge in [-0.05, 0) is 23.8 Å². The third kappa shape index (κ3) is 3.87. The molecule has 0 spiro atoms. The van der Waals surface area contributed by atoms with Crippen LogP contribution in [0.5, 0.6) is 0 Å². The molecular formula is C14H17BrN4O2. The van der Waals surface area contributed by atoms with Gasteiger partial charge in [0.1, 0.15) is 6.10 Å². The number of esters is 1. The third-order valence-corrected chi connectivity index (χ3v) is 3.55. The molecule has 0 aliphatic rings. The normalized spacial score (nSPS) is 12.1. The second-order valence-corrected chi connectivity index (χ2v) is 5.50. The highest BCUT2D eigenvalue weighted by Crippen LogP contribution is 2.33. The lowest BCUT2D eigenvalue weighted by Crippen LogP contribution is -2.11. The molecule has 0 fully saturated rings. The molecule has 0 amide bonds. The van der Waals surface area contributed by atoms with Gasteiger partial charge < -0.3 is 4.74 Å². The van der Waals surface area contributed by atoms with Crippen LogP contribution in [0.25, 0.3) is 11.4 Å². The first kappa shape index (κ1) is 15.6. The van der Waals surface area contributed by atoms with Gasteiger partial charge in [0, 0.05) is 22.0 Å². The predicted octanol–water partition coefficient (Wildman–Crippen LogP) is 3.42. The van der Waals surface area contributed by atoms with Gasteiger partial charge in [0.15, 0.2) is 0 Å². The zero-order chi connectivity index (χ0) is 15.2. The minimum absolute atomic E-state index is 0.213. The number of tetrazole rings is 1. The summed E-state index contributed by atoms with van der Waals surface area (Å²) in [7, 11) is 0. The molecule has 1 aromatic heterocycles. The summed E-state index contributed by atoms with van der Waals surface area (Å²) in [6, 6.07) is 5.75. The SMILES string of the molecule is CCCC(OC(=O)CC)c1ccc(Br)cc1-c1nn[nH]n1. The summed E-state index contributed by atoms with van der Waals surface area (Å²) in [4.78, 5) is 11.7. The molecule has 1 unspecified atom stereocenters. The van der Waals surface area contributed by atoms with E-state index in [1.165, 1.54) is 0 Å². The number of carbonyl (C=O) groups is 1. The van der Waals surface area contributed by atoms with E-state index < -0.39 is 0 Å². The van der Waals surface area contributed by atoms with Crippen molar-refractivity contribution in [1.82, 2.24) is 20.6 Å². The highest BCUT2D eigenvalue weighted by atomic mass is 79.9. The van der Waals surface area contributed by atoms with Crippen LogP contribution in [0.2, 0.25) is 0 Å². The molecule has 2 aromatic rings. The van der Waals surface area contributed by atoms with Crippen molar-refractivity contribution in [1.29, 1.82) is 0 Å². The molecule has 0 radical (unpaired) electrons. The van der Waals surface area contributed by atoms with E-state index in [9.17, 15) is 4.79 Å². The van der Waals surface area contributed by atoms with Crippen molar-refractivity contribution in [2.75, 3.05) is 0 Å². The van der Waals surface area contributed by atoms with Crippen LogP contribution in [0.3, 0.4) is 0 Å². The number of aromatic nitrogens is 4. The van der Waals surface area contributed by atoms with E-state index in [4.69, 9.17) is 4.74 Å². The fraction of sp³-hybridized carbons (Fsp3) is 0.429. The Hall–Kier alpha value is -1.76. The molecule has 2 rings (SSSR count). The number of hydrogen-bond acceptors (Lipinski definition) is 5. The van der Waals surface area contributed by atoms with Gasteiger partial charge in [-0.1, -0.05) is 42.3 Å². The number of nitrogens with one attached hydrogen (secondary N) is 1. The minimum Gasteiger partial charge on any atom is -0.457 e. The summed E-state index contributed by atoms with van der Waals surface area (Å²) in [5.74, 6) is 0.274. The van der Waals surface area contributed by atoms with Crippen LogP contribution in [0.4, 0.5) is 0 Å². The quantitative estimate of drug-likeness (QED) is 0.805. The van der Waals surface area contributed by atoms with Crippen LogP contribution in [0.15, 0.2) is 22.7 Å². The predicted molar refractivity (Wildman–Crippen MR) is 81.3 cm³/mol. The van der Waals surface area contributed by atoms with E-state index in [0.717, 1.165) is 28.4 Å². The van der Waals surface area contributed by atoms with Gasteiger partial charge in [-0.3, -0.25) is 4.79 Å². The second-order valence-electron chi connectivity index (χ2n) is 4.59. The van der Waals surface area contributed by atoms with Crippen molar-refractivity contribution < 1.29 is 9.53 Å². The van der Waals surface area contributed by atoms with Crippen molar-refractivity contribution in [2.24, 2.45) is 0 Å². The van der Waals surface area contributed by atoms with Crippen LogP contribution in [0, 0.1) is 0 Å². The lowest BCUT2D eigenvalue weighted by Gasteiger charge is -2.19. The molecular weight excluding hydrogens is 336 g/mol. The van der Waals surface area contributed by atoms with Crippen LogP contribution >= 0.6 is 15.9 Å². The maximum Gasteiger partial charge on any atom is 0.306 e. The molecule has 1 heterocycles. The Labute approximate surface area is 131 Å². The third-order valence-electron chi connectivity index (χ3n) is 3.06. The Morgan fingerprint density at radius 3 is 2.86 bits per heavy atom. The van der Waals surface area contributed by atoms with E-state index >= 15 is 0 Å². The fourth-order valence-corrected chi connectivity index (χ4v) is 2.42. The van der Waals surface area contributed by atoms with E-state index in [-0.39, 0.29) is 12.1 Å². The number of ether oxygens (including phenoxy) is 1. The number of aromatic amines is 1. The summed E-state index contributed by atoms with van der Waals surface area (Å²) in [5, 5.41) is 14.1. The Morgan fingerprint density at radius 1 is 1.43 bits per heavy atom. The number of nitrogens with zero attached hydrogens (tertiary/aromatic N) is 3. The van der Waals surface area contributed by atoms with Crippen LogP contribution < -0.4 is 0 Å². The first-order valence-corrected chi connectivity index (χ1v) is 7.67. The van der Waals surface area contributed by atoms with Crippen molar-refractivity contribution in [2.45, 2.75) is 39.2 Å². The van der Waals surface area contributed by atoms with Crippen molar-refractivity contribution >= 4 is 21.9 Å². The summed E-state index contributed by atoms with van der Waals surface area (Å²) in [6.45, 7) is 3.84. The number of benzene rings is 1. The topological polar surface area (TPSA) is 80.8 Å². The molecule has 0 saturated carbocycles. The molecule has 0 bridgehead atoms. The van der Waals surface area contributed by atoms with Gasteiger partial charge in [-0.2, -0.15) is 5.21 Å². The van der Waals surface area contributed by atoms with E-state index in [2.05, 4.69) is 43.5 Å². The smallest absolute Gasteiger partial charge is 0.306 e. The maximum atomic E-state index is 11.7. The zero-order valence-electron chi connectivity index (χ0n) is 12.0. The molecule has 1 aromatic carbocycles. The molecule has 1 N–H and O–H groups in total. The Balaban J connectivity index is 2.42. The maximum absolute atomic E-state index is 11.7. The van der Waals surface area contributed by atoms with E-state index in [1.807, 2.05) is 18.2 Å². The number of rotatable bonds is 6. The molecule has 1 atom stereocenters. The van der Waals surface area contributed by atoms with Gasteiger partial charge in [0.25, 0.3) is 0 Å². The van der Waals surface area contributed by atoms with Crippen molar-refractivity contribution in [3.05, 3.63) is 28.2 Å². The number of hydrogen-bond donors (Lipinski definition) is 1. The second kappa shape index (κ2) is 7.31. The standard InChI is InChI=1S/C14H17BrN4O2/c1-3-5-12(21-13(20)4-2)10-7-6-9(15)8-11(10)14-16-18-19-17-14/h6-8,12H,3-5H2,1-2H3,(H,16,17,18,19). The van der Waals surface area contributed by atoms with Gasteiger partial charge >= 0.3 is 5.97 Å². The molecule has 0 saturated heterocycles. The molecule has 6 nitrogen and oxygen atoms in total. The summed E-state index contributed by atoms with van der Waals surface area (Å²) >= 11 is 3.44. The number of carbonyl (C=O) groups excluding carboxylic acids is 1.